The first-order chi connectivity index (χ1) is 16.3. The molecule has 1 saturated carbocycles. The maximum Gasteiger partial charge on any atom is 0.152 e. The SMILES string of the molecule is C\C=C/C(=C\C(=C\CC)C1CCC(c2cc(Nc3cc4c(cc3F)SNC4)n[nH]2)C1)C(C)(C)C. The van der Waals surface area contributed by atoms with Crippen LogP contribution in [0.15, 0.2) is 58.5 Å². The van der Waals surface area contributed by atoms with Crippen LogP contribution in [0.5, 0.6) is 0 Å². The number of aromatic amines is 1. The van der Waals surface area contributed by atoms with Crippen LogP contribution in [-0.2, 0) is 6.54 Å². The normalized spacial score (nSPS) is 21.5. The molecule has 2 atom stereocenters. The summed E-state index contributed by atoms with van der Waals surface area (Å²) in [5, 5.41) is 10.8. The first kappa shape index (κ1) is 24.8. The Kier molecular flexibility index (Phi) is 7.68. The molecule has 0 saturated heterocycles. The van der Waals surface area contributed by atoms with Crippen LogP contribution in [0.3, 0.4) is 0 Å². The number of H-pyrrole nitrogens is 1. The molecular formula is C28H37FN4S. The van der Waals surface area contributed by atoms with Crippen molar-refractivity contribution in [2.75, 3.05) is 5.32 Å². The van der Waals surface area contributed by atoms with Gasteiger partial charge in [-0.15, -0.1) is 0 Å². The van der Waals surface area contributed by atoms with Gasteiger partial charge in [0, 0.05) is 29.1 Å². The number of nitrogens with one attached hydrogen (secondary N) is 3. The van der Waals surface area contributed by atoms with E-state index < -0.39 is 0 Å². The summed E-state index contributed by atoms with van der Waals surface area (Å²) in [7, 11) is 0. The van der Waals surface area contributed by atoms with Gasteiger partial charge in [0.25, 0.3) is 0 Å². The molecule has 2 heterocycles. The average molecular weight is 481 g/mol. The molecule has 3 N–H and O–H groups in total. The molecule has 1 aromatic heterocycles. The van der Waals surface area contributed by atoms with E-state index in [2.05, 4.69) is 79.2 Å². The van der Waals surface area contributed by atoms with E-state index in [1.165, 1.54) is 29.5 Å². The van der Waals surface area contributed by atoms with Crippen LogP contribution >= 0.6 is 11.9 Å². The molecule has 182 valence electrons. The van der Waals surface area contributed by atoms with Crippen molar-refractivity contribution >= 4 is 23.5 Å². The van der Waals surface area contributed by atoms with E-state index in [0.717, 1.165) is 42.0 Å². The molecule has 6 heteroatoms. The Morgan fingerprint density at radius 3 is 2.82 bits per heavy atom. The third-order valence-electron chi connectivity index (χ3n) is 6.77. The zero-order valence-electron chi connectivity index (χ0n) is 21.0. The summed E-state index contributed by atoms with van der Waals surface area (Å²) >= 11 is 1.48. The third-order valence-corrected chi connectivity index (χ3v) is 7.66. The summed E-state index contributed by atoms with van der Waals surface area (Å²) in [5.74, 6) is 1.40. The standard InChI is InChI=1S/C28H37FN4S/c1-6-8-18(13-22(9-7-2)28(3,4)5)19-10-11-20(12-19)24-16-27(33-32-24)31-25-14-21-17-30-34-26(21)15-23(25)29/h7-9,13-16,19-20,30H,6,10-12,17H2,1-5H3,(H2,31,32,33)/b9-7-,18-8-,22-13+. The fourth-order valence-electron chi connectivity index (χ4n) is 4.89. The number of hydrogen-bond acceptors (Lipinski definition) is 4. The lowest BCUT2D eigenvalue weighted by Crippen LogP contribution is -2.09. The molecule has 0 radical (unpaired) electrons. The van der Waals surface area contributed by atoms with Crippen molar-refractivity contribution < 1.29 is 4.39 Å². The average Bonchev–Trinajstić information content (AvgIpc) is 3.53. The molecule has 1 aromatic carbocycles. The van der Waals surface area contributed by atoms with Gasteiger partial charge < -0.3 is 5.32 Å². The number of rotatable bonds is 7. The third kappa shape index (κ3) is 5.66. The monoisotopic (exact) mass is 480 g/mol. The minimum atomic E-state index is -0.252. The summed E-state index contributed by atoms with van der Waals surface area (Å²) in [6, 6.07) is 5.52. The Balaban J connectivity index is 1.47. The summed E-state index contributed by atoms with van der Waals surface area (Å²) in [6.07, 6.45) is 13.6. The van der Waals surface area contributed by atoms with E-state index in [-0.39, 0.29) is 11.2 Å². The van der Waals surface area contributed by atoms with Crippen molar-refractivity contribution in [2.45, 2.75) is 77.7 Å². The molecule has 1 aliphatic heterocycles. The predicted octanol–water partition coefficient (Wildman–Crippen LogP) is 8.17. The lowest BCUT2D eigenvalue weighted by atomic mass is 9.82. The maximum absolute atomic E-state index is 14.5. The van der Waals surface area contributed by atoms with Gasteiger partial charge in [0.15, 0.2) is 5.82 Å². The van der Waals surface area contributed by atoms with Gasteiger partial charge in [-0.3, -0.25) is 9.82 Å². The number of benzene rings is 1. The Hall–Kier alpha value is -2.31. The van der Waals surface area contributed by atoms with E-state index in [9.17, 15) is 4.39 Å². The number of halogens is 1. The second-order valence-electron chi connectivity index (χ2n) is 10.4. The molecule has 2 aliphatic rings. The molecule has 4 rings (SSSR count). The van der Waals surface area contributed by atoms with E-state index in [1.54, 1.807) is 6.07 Å². The van der Waals surface area contributed by atoms with Crippen molar-refractivity contribution in [1.82, 2.24) is 14.9 Å². The lowest BCUT2D eigenvalue weighted by molar-refractivity contribution is 0.514. The highest BCUT2D eigenvalue weighted by molar-refractivity contribution is 7.97. The van der Waals surface area contributed by atoms with Crippen LogP contribution in [-0.4, -0.2) is 10.2 Å². The zero-order valence-corrected chi connectivity index (χ0v) is 21.8. The quantitative estimate of drug-likeness (QED) is 0.276. The molecule has 2 aromatic rings. The van der Waals surface area contributed by atoms with E-state index in [4.69, 9.17) is 0 Å². The highest BCUT2D eigenvalue weighted by Gasteiger charge is 2.29. The Morgan fingerprint density at radius 2 is 2.09 bits per heavy atom. The van der Waals surface area contributed by atoms with Gasteiger partial charge in [0.1, 0.15) is 5.82 Å². The van der Waals surface area contributed by atoms with Crippen LogP contribution in [0.4, 0.5) is 15.9 Å². The van der Waals surface area contributed by atoms with Gasteiger partial charge in [0.2, 0.25) is 0 Å². The Bertz CT molecular complexity index is 1110. The van der Waals surface area contributed by atoms with E-state index >= 15 is 0 Å². The van der Waals surface area contributed by atoms with Crippen LogP contribution < -0.4 is 10.0 Å². The van der Waals surface area contributed by atoms with Crippen LogP contribution in [0.25, 0.3) is 0 Å². The van der Waals surface area contributed by atoms with E-state index in [0.29, 0.717) is 23.3 Å². The van der Waals surface area contributed by atoms with Gasteiger partial charge in [-0.05, 0) is 84.7 Å². The molecule has 4 nitrogen and oxygen atoms in total. The topological polar surface area (TPSA) is 52.7 Å². The molecule has 1 fully saturated rings. The number of allylic oxidation sites excluding steroid dienone is 6. The number of hydrogen-bond donors (Lipinski definition) is 3. The molecule has 0 amide bonds. The van der Waals surface area contributed by atoms with Crippen LogP contribution in [0.2, 0.25) is 0 Å². The molecular weight excluding hydrogens is 443 g/mol. The number of aromatic nitrogens is 2. The maximum atomic E-state index is 14.5. The van der Waals surface area contributed by atoms with Gasteiger partial charge >= 0.3 is 0 Å². The van der Waals surface area contributed by atoms with Crippen molar-refractivity contribution in [3.05, 3.63) is 70.7 Å². The fourth-order valence-corrected chi connectivity index (χ4v) is 5.70. The highest BCUT2D eigenvalue weighted by Crippen LogP contribution is 2.43. The minimum Gasteiger partial charge on any atom is -0.336 e. The highest BCUT2D eigenvalue weighted by atomic mass is 32.2. The molecule has 1 aliphatic carbocycles. The van der Waals surface area contributed by atoms with Crippen molar-refractivity contribution in [3.63, 3.8) is 0 Å². The van der Waals surface area contributed by atoms with Gasteiger partial charge in [-0.2, -0.15) is 5.10 Å². The second kappa shape index (κ2) is 10.5. The second-order valence-corrected chi connectivity index (χ2v) is 11.3. The predicted molar refractivity (Wildman–Crippen MR) is 142 cm³/mol. The summed E-state index contributed by atoms with van der Waals surface area (Å²) in [5.41, 5.74) is 5.66. The van der Waals surface area contributed by atoms with Gasteiger partial charge in [0.05, 0.1) is 5.69 Å². The van der Waals surface area contributed by atoms with E-state index in [1.807, 2.05) is 12.1 Å². The first-order valence-electron chi connectivity index (χ1n) is 12.4. The largest absolute Gasteiger partial charge is 0.336 e. The first-order valence-corrected chi connectivity index (χ1v) is 13.2. The van der Waals surface area contributed by atoms with Crippen molar-refractivity contribution in [3.8, 4) is 0 Å². The summed E-state index contributed by atoms with van der Waals surface area (Å²) in [6.45, 7) is 11.9. The van der Waals surface area contributed by atoms with Crippen molar-refractivity contribution in [2.24, 2.45) is 11.3 Å². The number of nitrogens with zero attached hydrogens (tertiary/aromatic N) is 1. The Labute approximate surface area is 207 Å². The zero-order chi connectivity index (χ0) is 24.3. The molecule has 2 unspecified atom stereocenters. The minimum absolute atomic E-state index is 0.114. The summed E-state index contributed by atoms with van der Waals surface area (Å²) < 4.78 is 17.7. The number of fused-ring (bicyclic) bond motifs is 1. The lowest BCUT2D eigenvalue weighted by Gasteiger charge is -2.23. The molecule has 34 heavy (non-hydrogen) atoms. The molecule has 0 bridgehead atoms. The molecule has 0 spiro atoms. The fraction of sp³-hybridized carbons (Fsp3) is 0.464. The van der Waals surface area contributed by atoms with Crippen LogP contribution in [0, 0.1) is 17.2 Å². The summed E-state index contributed by atoms with van der Waals surface area (Å²) in [4.78, 5) is 0.955. The number of anilines is 2. The van der Waals surface area contributed by atoms with Crippen LogP contribution in [0.1, 0.15) is 77.5 Å². The van der Waals surface area contributed by atoms with Gasteiger partial charge in [-0.25, -0.2) is 4.39 Å². The smallest absolute Gasteiger partial charge is 0.152 e. The Morgan fingerprint density at radius 1 is 1.26 bits per heavy atom. The van der Waals surface area contributed by atoms with Crippen molar-refractivity contribution in [1.29, 1.82) is 0 Å². The van der Waals surface area contributed by atoms with Gasteiger partial charge in [-0.1, -0.05) is 52.0 Å².